The molecule has 1 rings (SSSR count). The first-order chi connectivity index (χ1) is 5.96. The minimum atomic E-state index is -0.718. The Kier molecular flexibility index (Phi) is 2.66. The van der Waals surface area contributed by atoms with Crippen LogP contribution in [0.1, 0.15) is 33.6 Å². The molecular formula is C10H18O3. The van der Waals surface area contributed by atoms with Crippen LogP contribution >= 0.6 is 0 Å². The van der Waals surface area contributed by atoms with Crippen LogP contribution in [0.3, 0.4) is 0 Å². The zero-order valence-corrected chi connectivity index (χ0v) is 8.59. The number of hydrogen-bond donors (Lipinski definition) is 1. The van der Waals surface area contributed by atoms with Gasteiger partial charge >= 0.3 is 5.97 Å². The van der Waals surface area contributed by atoms with Gasteiger partial charge in [0.15, 0.2) is 0 Å². The molecule has 1 fully saturated rings. The molecule has 76 valence electrons. The predicted molar refractivity (Wildman–Crippen MR) is 49.6 cm³/mol. The van der Waals surface area contributed by atoms with Gasteiger partial charge in [-0.1, -0.05) is 13.3 Å². The van der Waals surface area contributed by atoms with Gasteiger partial charge in [-0.25, -0.2) is 0 Å². The molecule has 0 saturated carbocycles. The number of ether oxygens (including phenoxy) is 1. The normalized spacial score (nSPS) is 20.8. The lowest BCUT2D eigenvalue weighted by atomic mass is 9.62. The largest absolute Gasteiger partial charge is 0.481 e. The number of carbonyl (C=O) groups is 1. The fourth-order valence-corrected chi connectivity index (χ4v) is 1.87. The monoisotopic (exact) mass is 186 g/mol. The summed E-state index contributed by atoms with van der Waals surface area (Å²) in [7, 11) is 0. The van der Waals surface area contributed by atoms with E-state index in [-0.39, 0.29) is 5.41 Å². The van der Waals surface area contributed by atoms with Crippen LogP contribution in [0.4, 0.5) is 0 Å². The van der Waals surface area contributed by atoms with Gasteiger partial charge in [-0.15, -0.1) is 0 Å². The van der Waals surface area contributed by atoms with Crippen LogP contribution in [0.2, 0.25) is 0 Å². The number of carboxylic acid groups (broad SMARTS) is 1. The smallest absolute Gasteiger partial charge is 0.309 e. The van der Waals surface area contributed by atoms with E-state index in [2.05, 4.69) is 6.92 Å². The fourth-order valence-electron chi connectivity index (χ4n) is 1.87. The molecule has 0 radical (unpaired) electrons. The molecule has 0 spiro atoms. The minimum absolute atomic E-state index is 0.131. The van der Waals surface area contributed by atoms with Crippen molar-refractivity contribution in [2.75, 3.05) is 13.2 Å². The molecule has 1 saturated heterocycles. The van der Waals surface area contributed by atoms with Gasteiger partial charge in [-0.2, -0.15) is 0 Å². The number of rotatable bonds is 4. The highest BCUT2D eigenvalue weighted by Gasteiger charge is 2.54. The third kappa shape index (κ3) is 1.46. The van der Waals surface area contributed by atoms with E-state index in [1.165, 1.54) is 0 Å². The summed E-state index contributed by atoms with van der Waals surface area (Å²) in [5.74, 6) is -0.718. The van der Waals surface area contributed by atoms with E-state index in [4.69, 9.17) is 9.84 Å². The minimum Gasteiger partial charge on any atom is -0.481 e. The van der Waals surface area contributed by atoms with Gasteiger partial charge in [0.2, 0.25) is 0 Å². The number of aliphatic carboxylic acids is 1. The third-order valence-corrected chi connectivity index (χ3v) is 3.35. The number of carboxylic acids is 1. The highest BCUT2D eigenvalue weighted by atomic mass is 16.5. The average Bonchev–Trinajstić information content (AvgIpc) is 1.95. The van der Waals surface area contributed by atoms with Crippen molar-refractivity contribution in [3.63, 3.8) is 0 Å². The summed E-state index contributed by atoms with van der Waals surface area (Å²) in [6.45, 7) is 6.87. The number of hydrogen-bond acceptors (Lipinski definition) is 2. The summed E-state index contributed by atoms with van der Waals surface area (Å²) >= 11 is 0. The molecule has 13 heavy (non-hydrogen) atoms. The summed E-state index contributed by atoms with van der Waals surface area (Å²) in [5, 5.41) is 9.11. The molecule has 0 aromatic heterocycles. The van der Waals surface area contributed by atoms with Gasteiger partial charge < -0.3 is 9.84 Å². The topological polar surface area (TPSA) is 46.5 Å². The molecule has 0 bridgehead atoms. The van der Waals surface area contributed by atoms with Crippen molar-refractivity contribution in [1.29, 1.82) is 0 Å². The van der Waals surface area contributed by atoms with Crippen molar-refractivity contribution >= 4 is 5.97 Å². The first-order valence-corrected chi connectivity index (χ1v) is 4.77. The van der Waals surface area contributed by atoms with Gasteiger partial charge in [0, 0.05) is 5.41 Å². The second-order valence-corrected chi connectivity index (χ2v) is 4.45. The maximum Gasteiger partial charge on any atom is 0.309 e. The SMILES string of the molecule is CCCC1(C(C)(C)C(=O)O)COC1. The van der Waals surface area contributed by atoms with E-state index in [9.17, 15) is 4.79 Å². The molecule has 0 atom stereocenters. The summed E-state index contributed by atoms with van der Waals surface area (Å²) in [5.41, 5.74) is -0.797. The van der Waals surface area contributed by atoms with Crippen LogP contribution in [0.15, 0.2) is 0 Å². The van der Waals surface area contributed by atoms with E-state index in [1.54, 1.807) is 13.8 Å². The van der Waals surface area contributed by atoms with Crippen molar-refractivity contribution in [1.82, 2.24) is 0 Å². The van der Waals surface area contributed by atoms with Gasteiger partial charge in [0.1, 0.15) is 0 Å². The lowest BCUT2D eigenvalue weighted by Gasteiger charge is -2.50. The molecule has 3 heteroatoms. The Morgan fingerprint density at radius 3 is 2.31 bits per heavy atom. The first kappa shape index (κ1) is 10.5. The van der Waals surface area contributed by atoms with Crippen LogP contribution in [0.5, 0.6) is 0 Å². The van der Waals surface area contributed by atoms with E-state index in [0.717, 1.165) is 12.8 Å². The molecule has 0 aromatic rings. The summed E-state index contributed by atoms with van der Waals surface area (Å²) < 4.78 is 5.16. The molecular weight excluding hydrogens is 168 g/mol. The Labute approximate surface area is 79.1 Å². The standard InChI is InChI=1S/C10H18O3/c1-4-5-10(6-13-7-10)9(2,3)8(11)12/h4-7H2,1-3H3,(H,11,12). The molecule has 1 heterocycles. The van der Waals surface area contributed by atoms with Crippen molar-refractivity contribution in [3.05, 3.63) is 0 Å². The summed E-state index contributed by atoms with van der Waals surface area (Å²) in [4.78, 5) is 11.1. The predicted octanol–water partition coefficient (Wildman–Crippen LogP) is 1.91. The third-order valence-electron chi connectivity index (χ3n) is 3.35. The summed E-state index contributed by atoms with van der Waals surface area (Å²) in [6, 6.07) is 0. The maximum atomic E-state index is 11.1. The molecule has 0 aliphatic carbocycles. The van der Waals surface area contributed by atoms with Crippen LogP contribution in [0, 0.1) is 10.8 Å². The lowest BCUT2D eigenvalue weighted by molar-refractivity contribution is -0.199. The van der Waals surface area contributed by atoms with Crippen LogP contribution in [-0.4, -0.2) is 24.3 Å². The molecule has 1 N–H and O–H groups in total. The Balaban J connectivity index is 2.81. The van der Waals surface area contributed by atoms with Gasteiger partial charge in [-0.3, -0.25) is 4.79 Å². The van der Waals surface area contributed by atoms with E-state index in [0.29, 0.717) is 13.2 Å². The molecule has 1 aliphatic heterocycles. The highest BCUT2D eigenvalue weighted by molar-refractivity contribution is 5.75. The molecule has 0 aromatic carbocycles. The van der Waals surface area contributed by atoms with E-state index < -0.39 is 11.4 Å². The van der Waals surface area contributed by atoms with Crippen molar-refractivity contribution in [2.45, 2.75) is 33.6 Å². The zero-order chi connectivity index (χ0) is 10.1. The second kappa shape index (κ2) is 3.29. The Morgan fingerprint density at radius 1 is 1.54 bits per heavy atom. The molecule has 0 amide bonds. The second-order valence-electron chi connectivity index (χ2n) is 4.45. The Bertz CT molecular complexity index is 204. The first-order valence-electron chi connectivity index (χ1n) is 4.77. The molecule has 3 nitrogen and oxygen atoms in total. The van der Waals surface area contributed by atoms with Crippen molar-refractivity contribution < 1.29 is 14.6 Å². The molecule has 0 unspecified atom stereocenters. The van der Waals surface area contributed by atoms with Crippen LogP contribution in [-0.2, 0) is 9.53 Å². The maximum absolute atomic E-state index is 11.1. The zero-order valence-electron chi connectivity index (χ0n) is 8.59. The Morgan fingerprint density at radius 2 is 2.08 bits per heavy atom. The van der Waals surface area contributed by atoms with Gasteiger partial charge in [0.05, 0.1) is 18.6 Å². The van der Waals surface area contributed by atoms with E-state index in [1.807, 2.05) is 0 Å². The lowest BCUT2D eigenvalue weighted by Crippen LogP contribution is -2.56. The highest BCUT2D eigenvalue weighted by Crippen LogP contribution is 2.48. The van der Waals surface area contributed by atoms with Crippen molar-refractivity contribution in [2.24, 2.45) is 10.8 Å². The summed E-state index contributed by atoms with van der Waals surface area (Å²) in [6.07, 6.45) is 1.95. The fraction of sp³-hybridized carbons (Fsp3) is 0.900. The van der Waals surface area contributed by atoms with Crippen LogP contribution < -0.4 is 0 Å². The van der Waals surface area contributed by atoms with Gasteiger partial charge in [-0.05, 0) is 20.3 Å². The quantitative estimate of drug-likeness (QED) is 0.729. The van der Waals surface area contributed by atoms with Crippen LogP contribution in [0.25, 0.3) is 0 Å². The van der Waals surface area contributed by atoms with Gasteiger partial charge in [0.25, 0.3) is 0 Å². The van der Waals surface area contributed by atoms with Crippen molar-refractivity contribution in [3.8, 4) is 0 Å². The van der Waals surface area contributed by atoms with E-state index >= 15 is 0 Å². The Hall–Kier alpha value is -0.570. The average molecular weight is 186 g/mol. The molecule has 1 aliphatic rings.